The van der Waals surface area contributed by atoms with E-state index in [-0.39, 0.29) is 48.5 Å². The molecule has 0 aliphatic heterocycles. The van der Waals surface area contributed by atoms with Gasteiger partial charge in [-0.1, -0.05) is 13.2 Å². The Kier molecular flexibility index (Phi) is 23.2. The van der Waals surface area contributed by atoms with Crippen molar-refractivity contribution >= 4 is 46.1 Å². The van der Waals surface area contributed by atoms with Crippen LogP contribution < -0.4 is 14.2 Å². The molecule has 0 amide bonds. The number of hydrogen-bond donors (Lipinski definition) is 1. The van der Waals surface area contributed by atoms with Crippen LogP contribution in [0.25, 0.3) is 11.5 Å². The summed E-state index contributed by atoms with van der Waals surface area (Å²) in [4.78, 5) is 25.0. The molecule has 300 valence electrons. The van der Waals surface area contributed by atoms with Gasteiger partial charge >= 0.3 is 11.9 Å². The van der Waals surface area contributed by atoms with E-state index in [0.29, 0.717) is 105 Å². The number of methoxy groups -OCH3 is 4. The molecule has 2 rings (SSSR count). The second-order valence-corrected chi connectivity index (χ2v) is 12.3. The molecular formula is C35H52O16S2. The lowest BCUT2D eigenvalue weighted by Crippen LogP contribution is -2.14. The third-order valence-corrected chi connectivity index (χ3v) is 9.08. The first kappa shape index (κ1) is 45.5. The fourth-order valence-electron chi connectivity index (χ4n) is 4.09. The molecule has 0 aliphatic carbocycles. The van der Waals surface area contributed by atoms with Crippen LogP contribution in [0.1, 0.15) is 42.4 Å². The molecule has 2 heterocycles. The van der Waals surface area contributed by atoms with Gasteiger partial charge in [-0.3, -0.25) is 0 Å². The van der Waals surface area contributed by atoms with Crippen molar-refractivity contribution in [1.82, 2.24) is 0 Å². The van der Waals surface area contributed by atoms with Crippen molar-refractivity contribution in [2.75, 3.05) is 128 Å². The van der Waals surface area contributed by atoms with Crippen molar-refractivity contribution in [3.63, 3.8) is 0 Å². The molecule has 0 unspecified atom stereocenters. The van der Waals surface area contributed by atoms with Gasteiger partial charge < -0.3 is 66.7 Å². The van der Waals surface area contributed by atoms with E-state index in [2.05, 4.69) is 17.9 Å². The predicted octanol–water partition coefficient (Wildman–Crippen LogP) is 4.67. The molecule has 2 aromatic heterocycles. The number of carbonyl (C=O) groups excluding carboxylic acids is 2. The zero-order valence-electron chi connectivity index (χ0n) is 31.1. The highest BCUT2D eigenvalue weighted by Gasteiger charge is 2.29. The maximum atomic E-state index is 12.0. The Balaban J connectivity index is 1.69. The van der Waals surface area contributed by atoms with Crippen LogP contribution in [0.4, 0.5) is 0 Å². The second-order valence-electron chi connectivity index (χ2n) is 10.3. The van der Waals surface area contributed by atoms with E-state index in [9.17, 15) is 14.7 Å². The Hall–Kier alpha value is -3.62. The largest absolute Gasteiger partial charge is 0.503 e. The Morgan fingerprint density at radius 1 is 0.491 bits per heavy atom. The molecule has 0 aromatic carbocycles. The van der Waals surface area contributed by atoms with Crippen molar-refractivity contribution in [2.24, 2.45) is 0 Å². The van der Waals surface area contributed by atoms with Crippen LogP contribution in [0, 0.1) is 0 Å². The standard InChI is InChI=1S/C35H52O16S2/c1-8-43-12-13-46-16-17-48-20-23-51-29-28(30(24(2)39-4)52-31(29)25(3)40-5)50-22-19-47-15-14-44-10-9-11-45-18-21-49-27-26(36)32(34(37)41-6)53-33(27)35(38)42-7/h36H,2-3,8-23H2,1,4-7H3. The highest BCUT2D eigenvalue weighted by Crippen LogP contribution is 2.48. The average Bonchev–Trinajstić information content (AvgIpc) is 3.71. The van der Waals surface area contributed by atoms with E-state index in [1.807, 2.05) is 6.92 Å². The predicted molar refractivity (Wildman–Crippen MR) is 197 cm³/mol. The summed E-state index contributed by atoms with van der Waals surface area (Å²) in [6, 6.07) is 0. The summed E-state index contributed by atoms with van der Waals surface area (Å²) < 4.78 is 71.0. The van der Waals surface area contributed by atoms with E-state index in [1.165, 1.54) is 32.7 Å². The van der Waals surface area contributed by atoms with E-state index < -0.39 is 17.7 Å². The van der Waals surface area contributed by atoms with Gasteiger partial charge in [0.1, 0.15) is 41.1 Å². The van der Waals surface area contributed by atoms with Gasteiger partial charge in [-0.05, 0) is 13.3 Å². The SMILES string of the molecule is C=C(OC)c1sc(C(=C)OC)c(OCCOCCOCCOCC)c1OCCOCCOCCCOCCOc1c(C(=O)OC)sc(C(=O)OC)c1O. The van der Waals surface area contributed by atoms with E-state index in [0.717, 1.165) is 18.4 Å². The molecule has 53 heavy (non-hydrogen) atoms. The molecule has 0 saturated heterocycles. The van der Waals surface area contributed by atoms with Crippen LogP contribution in [0.5, 0.6) is 23.0 Å². The first-order valence-corrected chi connectivity index (χ1v) is 18.4. The quantitative estimate of drug-likeness (QED) is 0.0615. The molecule has 18 heteroatoms. The Morgan fingerprint density at radius 3 is 1.26 bits per heavy atom. The van der Waals surface area contributed by atoms with E-state index in [4.69, 9.17) is 56.8 Å². The molecule has 0 bridgehead atoms. The number of rotatable bonds is 32. The first-order chi connectivity index (χ1) is 25.7. The summed E-state index contributed by atoms with van der Waals surface area (Å²) in [7, 11) is 5.40. The number of thiophene rings is 2. The van der Waals surface area contributed by atoms with Crippen LogP contribution >= 0.6 is 22.7 Å². The van der Waals surface area contributed by atoms with Crippen LogP contribution in [0.15, 0.2) is 13.2 Å². The molecule has 0 aliphatic rings. The summed E-state index contributed by atoms with van der Waals surface area (Å²) in [6.45, 7) is 15.3. The zero-order chi connectivity index (χ0) is 38.8. The Morgan fingerprint density at radius 2 is 0.849 bits per heavy atom. The number of carbonyl (C=O) groups is 2. The molecule has 0 saturated carbocycles. The fraction of sp³-hybridized carbons (Fsp3) is 0.600. The van der Waals surface area contributed by atoms with Crippen LogP contribution in [-0.2, 0) is 47.4 Å². The van der Waals surface area contributed by atoms with E-state index in [1.54, 1.807) is 0 Å². The van der Waals surface area contributed by atoms with Gasteiger partial charge in [-0.25, -0.2) is 9.59 Å². The summed E-state index contributed by atoms with van der Waals surface area (Å²) in [5.74, 6) is -0.473. The average molecular weight is 793 g/mol. The van der Waals surface area contributed by atoms with Gasteiger partial charge in [0.25, 0.3) is 0 Å². The number of hydrogen-bond acceptors (Lipinski definition) is 18. The van der Waals surface area contributed by atoms with Crippen LogP contribution in [0.3, 0.4) is 0 Å². The van der Waals surface area contributed by atoms with Crippen molar-refractivity contribution in [3.05, 3.63) is 32.7 Å². The molecule has 0 spiro atoms. The zero-order valence-corrected chi connectivity index (χ0v) is 32.7. The summed E-state index contributed by atoms with van der Waals surface area (Å²) in [5, 5.41) is 10.3. The fourth-order valence-corrected chi connectivity index (χ4v) is 6.16. The number of esters is 2. The highest BCUT2D eigenvalue weighted by atomic mass is 32.1. The van der Waals surface area contributed by atoms with E-state index >= 15 is 0 Å². The summed E-state index contributed by atoms with van der Waals surface area (Å²) >= 11 is 2.05. The van der Waals surface area contributed by atoms with Crippen molar-refractivity contribution in [2.45, 2.75) is 13.3 Å². The maximum Gasteiger partial charge on any atom is 0.352 e. The molecule has 16 nitrogen and oxygen atoms in total. The van der Waals surface area contributed by atoms with Gasteiger partial charge in [0.2, 0.25) is 0 Å². The molecule has 0 atom stereocenters. The topological polar surface area (TPSA) is 174 Å². The normalized spacial score (nSPS) is 10.9. The van der Waals surface area contributed by atoms with Crippen molar-refractivity contribution in [1.29, 1.82) is 0 Å². The third kappa shape index (κ3) is 15.7. The first-order valence-electron chi connectivity index (χ1n) is 16.8. The van der Waals surface area contributed by atoms with Gasteiger partial charge in [-0.2, -0.15) is 0 Å². The lowest BCUT2D eigenvalue weighted by Gasteiger charge is -2.14. The summed E-state index contributed by atoms with van der Waals surface area (Å²) in [6.07, 6.45) is 0.613. The molecule has 1 N–H and O–H groups in total. The number of aromatic hydroxyl groups is 1. The van der Waals surface area contributed by atoms with Gasteiger partial charge in [-0.15, -0.1) is 22.7 Å². The third-order valence-electron chi connectivity index (χ3n) is 6.72. The van der Waals surface area contributed by atoms with Crippen molar-refractivity contribution < 1.29 is 76.3 Å². The molecule has 2 aromatic rings. The minimum atomic E-state index is -0.794. The number of ether oxygens (including phenoxy) is 13. The van der Waals surface area contributed by atoms with Crippen molar-refractivity contribution in [3.8, 4) is 23.0 Å². The Labute approximate surface area is 318 Å². The minimum absolute atomic E-state index is 0.0223. The lowest BCUT2D eigenvalue weighted by atomic mass is 10.3. The highest BCUT2D eigenvalue weighted by molar-refractivity contribution is 7.16. The summed E-state index contributed by atoms with van der Waals surface area (Å²) in [5.41, 5.74) is 0. The van der Waals surface area contributed by atoms with Gasteiger partial charge in [0, 0.05) is 19.8 Å². The lowest BCUT2D eigenvalue weighted by molar-refractivity contribution is 0.0110. The minimum Gasteiger partial charge on any atom is -0.503 e. The Bertz CT molecular complexity index is 1390. The maximum absolute atomic E-state index is 12.0. The smallest absolute Gasteiger partial charge is 0.352 e. The van der Waals surface area contributed by atoms with Crippen LogP contribution in [0.2, 0.25) is 0 Å². The van der Waals surface area contributed by atoms with Gasteiger partial charge in [0.05, 0.1) is 87.9 Å². The van der Waals surface area contributed by atoms with Crippen LogP contribution in [-0.4, -0.2) is 145 Å². The molecule has 0 radical (unpaired) electrons. The van der Waals surface area contributed by atoms with Gasteiger partial charge in [0.15, 0.2) is 32.8 Å². The monoisotopic (exact) mass is 792 g/mol. The second kappa shape index (κ2) is 27.0. The molecular weight excluding hydrogens is 741 g/mol. The molecule has 0 fully saturated rings.